The molecule has 14 heteroatoms. The van der Waals surface area contributed by atoms with Gasteiger partial charge in [-0.15, -0.1) is 10.2 Å². The van der Waals surface area contributed by atoms with Crippen LogP contribution in [-0.2, 0) is 6.42 Å². The number of benzene rings is 10. The summed E-state index contributed by atoms with van der Waals surface area (Å²) in [4.78, 5) is 53.7. The Kier molecular flexibility index (Phi) is 14.0. The zero-order chi connectivity index (χ0) is 51.7. The van der Waals surface area contributed by atoms with E-state index in [1.807, 2.05) is 72.8 Å². The number of carbonyl (C=O) groups excluding carboxylic acids is 4. The maximum Gasteiger partial charge on any atom is 0.259 e. The van der Waals surface area contributed by atoms with Crippen LogP contribution in [0.5, 0.6) is 11.5 Å². The van der Waals surface area contributed by atoms with Crippen molar-refractivity contribution < 1.29 is 29.4 Å². The number of aromatic hydroxyl groups is 2. The van der Waals surface area contributed by atoms with E-state index in [0.29, 0.717) is 73.2 Å². The smallest absolute Gasteiger partial charge is 0.259 e. The first-order valence-corrected chi connectivity index (χ1v) is 23.7. The molecule has 6 N–H and O–H groups in total. The van der Waals surface area contributed by atoms with Gasteiger partial charge in [0.1, 0.15) is 11.4 Å². The molecule has 10 aromatic carbocycles. The molecule has 0 atom stereocenters. The van der Waals surface area contributed by atoms with Crippen molar-refractivity contribution in [2.45, 2.75) is 6.42 Å². The van der Waals surface area contributed by atoms with Crippen LogP contribution in [0, 0.1) is 0 Å². The predicted octanol–water partition coefficient (Wildman–Crippen LogP) is 14.8. The first-order chi connectivity index (χ1) is 36.6. The fourth-order valence-corrected chi connectivity index (χ4v) is 8.29. The quantitative estimate of drug-likeness (QED) is 0.0584. The molecule has 0 unspecified atom stereocenters. The molecule has 75 heavy (non-hydrogen) atoms. The van der Waals surface area contributed by atoms with Gasteiger partial charge in [0.15, 0.2) is 11.5 Å². The Morgan fingerprint density at radius 1 is 0.347 bits per heavy atom. The van der Waals surface area contributed by atoms with Crippen molar-refractivity contribution in [3.8, 4) is 11.5 Å². The molecular weight excluding hydrogens is 941 g/mol. The van der Waals surface area contributed by atoms with Gasteiger partial charge in [-0.25, -0.2) is 0 Å². The van der Waals surface area contributed by atoms with Crippen molar-refractivity contribution in [2.75, 3.05) is 21.3 Å². The van der Waals surface area contributed by atoms with Gasteiger partial charge in [0.25, 0.3) is 23.6 Å². The highest BCUT2D eigenvalue weighted by Crippen LogP contribution is 2.42. The van der Waals surface area contributed by atoms with Crippen LogP contribution in [0.15, 0.2) is 239 Å². The second-order valence-electron chi connectivity index (χ2n) is 17.3. The topological polar surface area (TPSA) is 206 Å². The molecule has 0 radical (unpaired) electrons. The molecule has 4 amide bonds. The minimum Gasteiger partial charge on any atom is -0.505 e. The molecule has 14 nitrogen and oxygen atoms in total. The van der Waals surface area contributed by atoms with Gasteiger partial charge in [0, 0.05) is 44.6 Å². The summed E-state index contributed by atoms with van der Waals surface area (Å²) in [6.45, 7) is 0. The molecule has 10 rings (SSSR count). The summed E-state index contributed by atoms with van der Waals surface area (Å²) in [6.07, 6.45) is 0.559. The van der Waals surface area contributed by atoms with E-state index in [4.69, 9.17) is 0 Å². The summed E-state index contributed by atoms with van der Waals surface area (Å²) in [7, 11) is 0. The number of azo groups is 2. The van der Waals surface area contributed by atoms with Crippen molar-refractivity contribution in [2.24, 2.45) is 20.5 Å². The van der Waals surface area contributed by atoms with Crippen LogP contribution in [-0.4, -0.2) is 33.8 Å². The van der Waals surface area contributed by atoms with Crippen LogP contribution in [0.25, 0.3) is 21.5 Å². The Morgan fingerprint density at radius 2 is 0.667 bits per heavy atom. The molecule has 0 aliphatic rings. The summed E-state index contributed by atoms with van der Waals surface area (Å²) in [5, 5.41) is 54.3. The van der Waals surface area contributed by atoms with Crippen LogP contribution in [0.2, 0.25) is 0 Å². The number of nitrogens with one attached hydrogen (secondary N) is 4. The molecular formula is C61H44N8O6. The number of fused-ring (bicyclic) bond motifs is 2. The number of carbonyl (C=O) groups is 4. The largest absolute Gasteiger partial charge is 0.505 e. The van der Waals surface area contributed by atoms with Crippen LogP contribution in [0.1, 0.15) is 52.6 Å². The number of phenols is 2. The monoisotopic (exact) mass is 984 g/mol. The number of hydrogen-bond donors (Lipinski definition) is 6. The van der Waals surface area contributed by atoms with Gasteiger partial charge >= 0.3 is 0 Å². The maximum atomic E-state index is 13.6. The lowest BCUT2D eigenvalue weighted by Gasteiger charge is -2.12. The number of amides is 4. The first-order valence-electron chi connectivity index (χ1n) is 23.7. The molecule has 0 fully saturated rings. The molecule has 0 aliphatic heterocycles. The van der Waals surface area contributed by atoms with Crippen LogP contribution >= 0.6 is 0 Å². The fourth-order valence-electron chi connectivity index (χ4n) is 8.29. The summed E-state index contributed by atoms with van der Waals surface area (Å²) >= 11 is 0. The third kappa shape index (κ3) is 11.3. The minimum atomic E-state index is -0.568. The molecule has 0 saturated heterocycles. The number of rotatable bonds is 14. The standard InChI is InChI=1S/C61H44N8O6/c70-56-52(60(74)64-46-17-9-3-10-18-46)36-42-34-40(58(72)62-44-13-5-1-6-14-44)25-31-50(42)54(56)68-66-48-27-21-38(22-28-48)33-39-23-29-49(30-24-39)67-69-55-51-32-26-41(59(73)63-45-15-7-2-8-16-45)35-43(51)37-53(57(55)71)61(75)65-47-19-11-4-12-20-47/h1-32,34-37,70-71H,33H2,(H,62,72)(H,63,73)(H,64,74)(H,65,75). The van der Waals surface area contributed by atoms with Gasteiger partial charge in [-0.3, -0.25) is 19.2 Å². The molecule has 0 spiro atoms. The second kappa shape index (κ2) is 21.8. The van der Waals surface area contributed by atoms with E-state index in [-0.39, 0.29) is 45.8 Å². The van der Waals surface area contributed by atoms with E-state index in [9.17, 15) is 29.4 Å². The average molecular weight is 985 g/mol. The lowest BCUT2D eigenvalue weighted by Crippen LogP contribution is -2.13. The molecule has 0 bridgehead atoms. The zero-order valence-corrected chi connectivity index (χ0v) is 39.8. The number of para-hydroxylation sites is 4. The van der Waals surface area contributed by atoms with E-state index < -0.39 is 11.8 Å². The maximum absolute atomic E-state index is 13.6. The highest BCUT2D eigenvalue weighted by atomic mass is 16.3. The third-order valence-electron chi connectivity index (χ3n) is 12.1. The molecule has 0 aliphatic carbocycles. The number of nitrogens with zero attached hydrogens (tertiary/aromatic N) is 4. The SMILES string of the molecule is O=C(Nc1ccccc1)c1ccc2c(N=Nc3ccc(Cc4ccc(N=Nc5c(O)c(C(=O)Nc6ccccc6)cc6cc(C(=O)Nc7ccccc7)ccc56)cc4)cc3)c(O)c(C(=O)Nc3ccccc3)cc2c1. The van der Waals surface area contributed by atoms with Crippen LogP contribution < -0.4 is 21.3 Å². The molecule has 0 saturated carbocycles. The van der Waals surface area contributed by atoms with E-state index in [0.717, 1.165) is 11.1 Å². The first kappa shape index (κ1) is 48.0. The summed E-state index contributed by atoms with van der Waals surface area (Å²) < 4.78 is 0. The van der Waals surface area contributed by atoms with E-state index >= 15 is 0 Å². The third-order valence-corrected chi connectivity index (χ3v) is 12.1. The second-order valence-corrected chi connectivity index (χ2v) is 17.3. The Bertz CT molecular complexity index is 3570. The van der Waals surface area contributed by atoms with Crippen molar-refractivity contribution in [3.63, 3.8) is 0 Å². The van der Waals surface area contributed by atoms with Crippen LogP contribution in [0.3, 0.4) is 0 Å². The molecule has 0 heterocycles. The molecule has 0 aromatic heterocycles. The van der Waals surface area contributed by atoms with Gasteiger partial charge in [-0.05, 0) is 138 Å². The van der Waals surface area contributed by atoms with Gasteiger partial charge in [-0.1, -0.05) is 109 Å². The summed E-state index contributed by atoms with van der Waals surface area (Å²) in [5.41, 5.74) is 5.94. The van der Waals surface area contributed by atoms with Gasteiger partial charge in [0.05, 0.1) is 22.5 Å². The minimum absolute atomic E-state index is 0.0475. The highest BCUT2D eigenvalue weighted by molar-refractivity contribution is 6.15. The highest BCUT2D eigenvalue weighted by Gasteiger charge is 2.22. The van der Waals surface area contributed by atoms with Crippen molar-refractivity contribution in [3.05, 3.63) is 252 Å². The number of phenolic OH excluding ortho intramolecular Hbond substituents is 2. The molecule has 364 valence electrons. The lowest BCUT2D eigenvalue weighted by molar-refractivity contribution is 0.101. The van der Waals surface area contributed by atoms with E-state index in [2.05, 4.69) is 41.7 Å². The zero-order valence-electron chi connectivity index (χ0n) is 39.8. The summed E-state index contributed by atoms with van der Waals surface area (Å²) in [5.74, 6) is -2.57. The summed E-state index contributed by atoms with van der Waals surface area (Å²) in [6, 6.07) is 63.6. The van der Waals surface area contributed by atoms with E-state index in [1.54, 1.807) is 133 Å². The van der Waals surface area contributed by atoms with Crippen LogP contribution in [0.4, 0.5) is 45.5 Å². The fraction of sp³-hybridized carbons (Fsp3) is 0.0164. The normalized spacial score (nSPS) is 11.2. The van der Waals surface area contributed by atoms with E-state index in [1.165, 1.54) is 12.1 Å². The van der Waals surface area contributed by atoms with Crippen molar-refractivity contribution >= 4 is 90.7 Å². The Morgan fingerprint density at radius 3 is 1.00 bits per heavy atom. The van der Waals surface area contributed by atoms with Gasteiger partial charge < -0.3 is 31.5 Å². The average Bonchev–Trinajstić information content (AvgIpc) is 3.44. The Balaban J connectivity index is 0.869. The predicted molar refractivity (Wildman–Crippen MR) is 293 cm³/mol. The Labute approximate surface area is 429 Å². The molecule has 10 aromatic rings. The van der Waals surface area contributed by atoms with Crippen molar-refractivity contribution in [1.29, 1.82) is 0 Å². The Hall–Kier alpha value is -10.6. The number of hydrogen-bond acceptors (Lipinski definition) is 10. The lowest BCUT2D eigenvalue weighted by atomic mass is 10.00. The van der Waals surface area contributed by atoms with Gasteiger partial charge in [-0.2, -0.15) is 10.2 Å². The number of anilines is 4. The van der Waals surface area contributed by atoms with Gasteiger partial charge in [0.2, 0.25) is 0 Å². The van der Waals surface area contributed by atoms with Crippen molar-refractivity contribution in [1.82, 2.24) is 0 Å².